The highest BCUT2D eigenvalue weighted by atomic mass is 16.7. The predicted molar refractivity (Wildman–Crippen MR) is 82.7 cm³/mol. The Kier molecular flexibility index (Phi) is 8.12. The molecule has 10 atom stereocenters. The van der Waals surface area contributed by atoms with Gasteiger partial charge in [-0.3, -0.25) is 0 Å². The second-order valence-electron chi connectivity index (χ2n) is 6.54. The maximum atomic E-state index is 10.3. The van der Waals surface area contributed by atoms with Gasteiger partial charge < -0.3 is 55.1 Å². The lowest BCUT2D eigenvalue weighted by Crippen LogP contribution is -2.64. The Bertz CT molecular complexity index is 420. The minimum atomic E-state index is -1.69. The zero-order valence-electron chi connectivity index (χ0n) is 14.1. The van der Waals surface area contributed by atoms with E-state index in [4.69, 9.17) is 19.3 Å². The molecule has 11 heteroatoms. The maximum absolute atomic E-state index is 10.3. The smallest absolute Gasteiger partial charge is 0.187 e. The van der Waals surface area contributed by atoms with Crippen molar-refractivity contribution in [3.63, 3.8) is 0 Å². The summed E-state index contributed by atoms with van der Waals surface area (Å²) in [5, 5.41) is 77.7. The summed E-state index contributed by atoms with van der Waals surface area (Å²) in [6.45, 7) is -1.34. The molecule has 154 valence electrons. The Labute approximate surface area is 150 Å². The van der Waals surface area contributed by atoms with Crippen LogP contribution in [-0.2, 0) is 14.2 Å². The van der Waals surface area contributed by atoms with Gasteiger partial charge in [0.15, 0.2) is 6.29 Å². The molecule has 0 radical (unpaired) electrons. The molecule has 0 amide bonds. The molecule has 0 aromatic rings. The van der Waals surface area contributed by atoms with Crippen LogP contribution in [0.15, 0.2) is 0 Å². The molecular weight excluding hydrogens is 356 g/mol. The summed E-state index contributed by atoms with van der Waals surface area (Å²) >= 11 is 0. The minimum Gasteiger partial charge on any atom is -0.396 e. The molecule has 2 fully saturated rings. The standard InChI is InChI=1S/C15H28O11/c16-3-1-2-6-9(19)12(22)14(8(5-18)24-6)26-15-13(23)11(21)10(20)7(4-17)25-15/h6-23H,1-5H2/t6-,7?,8?,9?,10-,11?,12?,13?,14+,15-/m0/s1. The fourth-order valence-corrected chi connectivity index (χ4v) is 3.20. The molecule has 2 aliphatic heterocycles. The number of aliphatic hydroxyl groups is 8. The average molecular weight is 384 g/mol. The van der Waals surface area contributed by atoms with Crippen LogP contribution in [-0.4, -0.2) is 122 Å². The third-order valence-corrected chi connectivity index (χ3v) is 4.75. The summed E-state index contributed by atoms with van der Waals surface area (Å²) < 4.78 is 16.2. The Morgan fingerprint density at radius 2 is 1.27 bits per heavy atom. The van der Waals surface area contributed by atoms with E-state index in [0.717, 1.165) is 0 Å². The highest BCUT2D eigenvalue weighted by molar-refractivity contribution is 4.95. The van der Waals surface area contributed by atoms with Crippen LogP contribution in [0.1, 0.15) is 12.8 Å². The van der Waals surface area contributed by atoms with E-state index in [1.165, 1.54) is 0 Å². The largest absolute Gasteiger partial charge is 0.396 e. The molecule has 2 aliphatic rings. The number of ether oxygens (including phenoxy) is 3. The fourth-order valence-electron chi connectivity index (χ4n) is 3.20. The zero-order valence-corrected chi connectivity index (χ0v) is 14.1. The van der Waals surface area contributed by atoms with Crippen molar-refractivity contribution in [1.29, 1.82) is 0 Å². The van der Waals surface area contributed by atoms with Crippen molar-refractivity contribution in [2.75, 3.05) is 19.8 Å². The Balaban J connectivity index is 2.09. The summed E-state index contributed by atoms with van der Waals surface area (Å²) in [6.07, 6.45) is -13.2. The molecule has 0 aromatic carbocycles. The molecule has 26 heavy (non-hydrogen) atoms. The minimum absolute atomic E-state index is 0.128. The van der Waals surface area contributed by atoms with Crippen LogP contribution in [0, 0.1) is 0 Å². The Hall–Kier alpha value is -0.440. The van der Waals surface area contributed by atoms with Gasteiger partial charge in [0.25, 0.3) is 0 Å². The van der Waals surface area contributed by atoms with E-state index in [9.17, 15) is 35.7 Å². The average Bonchev–Trinajstić information content (AvgIpc) is 2.64. The fraction of sp³-hybridized carbons (Fsp3) is 1.00. The van der Waals surface area contributed by atoms with Gasteiger partial charge >= 0.3 is 0 Å². The normalized spacial score (nSPS) is 47.1. The third-order valence-electron chi connectivity index (χ3n) is 4.75. The van der Waals surface area contributed by atoms with Crippen LogP contribution in [0.5, 0.6) is 0 Å². The first kappa shape index (κ1) is 21.9. The first-order valence-corrected chi connectivity index (χ1v) is 8.55. The predicted octanol–water partition coefficient (Wildman–Crippen LogP) is -4.57. The van der Waals surface area contributed by atoms with Crippen LogP contribution < -0.4 is 0 Å². The van der Waals surface area contributed by atoms with Gasteiger partial charge in [0, 0.05) is 6.61 Å². The van der Waals surface area contributed by atoms with Crippen molar-refractivity contribution < 1.29 is 55.1 Å². The highest BCUT2D eigenvalue weighted by Gasteiger charge is 2.50. The van der Waals surface area contributed by atoms with Crippen molar-refractivity contribution in [3.05, 3.63) is 0 Å². The molecular formula is C15H28O11. The van der Waals surface area contributed by atoms with E-state index in [1.807, 2.05) is 0 Å². The molecule has 0 saturated carbocycles. The lowest BCUT2D eigenvalue weighted by molar-refractivity contribution is -0.342. The highest BCUT2D eigenvalue weighted by Crippen LogP contribution is 2.30. The summed E-state index contributed by atoms with van der Waals surface area (Å²) in [4.78, 5) is 0. The lowest BCUT2D eigenvalue weighted by atomic mass is 9.92. The molecule has 2 saturated heterocycles. The van der Waals surface area contributed by atoms with Crippen molar-refractivity contribution in [3.8, 4) is 0 Å². The summed E-state index contributed by atoms with van der Waals surface area (Å²) in [6, 6.07) is 0. The van der Waals surface area contributed by atoms with Crippen LogP contribution in [0.4, 0.5) is 0 Å². The molecule has 0 bridgehead atoms. The summed E-state index contributed by atoms with van der Waals surface area (Å²) in [7, 11) is 0. The number of hydrogen-bond acceptors (Lipinski definition) is 11. The van der Waals surface area contributed by atoms with Gasteiger partial charge in [0.2, 0.25) is 0 Å². The third kappa shape index (κ3) is 4.51. The number of aliphatic hydroxyl groups excluding tert-OH is 8. The van der Waals surface area contributed by atoms with Crippen LogP contribution in [0.3, 0.4) is 0 Å². The monoisotopic (exact) mass is 384 g/mol. The zero-order chi connectivity index (χ0) is 19.4. The molecule has 2 rings (SSSR count). The van der Waals surface area contributed by atoms with E-state index in [0.29, 0.717) is 6.42 Å². The van der Waals surface area contributed by atoms with Gasteiger partial charge in [-0.15, -0.1) is 0 Å². The van der Waals surface area contributed by atoms with Crippen LogP contribution in [0.25, 0.3) is 0 Å². The van der Waals surface area contributed by atoms with E-state index >= 15 is 0 Å². The Morgan fingerprint density at radius 1 is 0.654 bits per heavy atom. The molecule has 0 aromatic heterocycles. The van der Waals surface area contributed by atoms with E-state index in [2.05, 4.69) is 0 Å². The maximum Gasteiger partial charge on any atom is 0.187 e. The van der Waals surface area contributed by atoms with Gasteiger partial charge in [-0.2, -0.15) is 0 Å². The van der Waals surface area contributed by atoms with Crippen molar-refractivity contribution in [2.24, 2.45) is 0 Å². The lowest BCUT2D eigenvalue weighted by Gasteiger charge is -2.46. The second-order valence-corrected chi connectivity index (χ2v) is 6.54. The van der Waals surface area contributed by atoms with Crippen molar-refractivity contribution in [1.82, 2.24) is 0 Å². The number of hydrogen-bond donors (Lipinski definition) is 8. The summed E-state index contributed by atoms with van der Waals surface area (Å²) in [5.74, 6) is 0. The van der Waals surface area contributed by atoms with E-state index < -0.39 is 74.4 Å². The quantitative estimate of drug-likeness (QED) is 0.211. The molecule has 0 spiro atoms. The molecule has 0 aliphatic carbocycles. The Morgan fingerprint density at radius 3 is 1.85 bits per heavy atom. The van der Waals surface area contributed by atoms with Gasteiger partial charge in [0.1, 0.15) is 48.8 Å². The van der Waals surface area contributed by atoms with Crippen molar-refractivity contribution >= 4 is 0 Å². The van der Waals surface area contributed by atoms with Gasteiger partial charge in [0.05, 0.1) is 19.3 Å². The van der Waals surface area contributed by atoms with Crippen LogP contribution in [0.2, 0.25) is 0 Å². The first-order chi connectivity index (χ1) is 12.3. The molecule has 11 nitrogen and oxygen atoms in total. The van der Waals surface area contributed by atoms with Gasteiger partial charge in [-0.25, -0.2) is 0 Å². The van der Waals surface area contributed by atoms with E-state index in [-0.39, 0.29) is 13.0 Å². The van der Waals surface area contributed by atoms with Gasteiger partial charge in [-0.1, -0.05) is 0 Å². The second kappa shape index (κ2) is 9.66. The van der Waals surface area contributed by atoms with Gasteiger partial charge in [-0.05, 0) is 12.8 Å². The molecule has 2 heterocycles. The molecule has 6 unspecified atom stereocenters. The first-order valence-electron chi connectivity index (χ1n) is 8.55. The topological polar surface area (TPSA) is 190 Å². The van der Waals surface area contributed by atoms with E-state index in [1.54, 1.807) is 0 Å². The molecule has 8 N–H and O–H groups in total. The van der Waals surface area contributed by atoms with Crippen LogP contribution >= 0.6 is 0 Å². The number of rotatable bonds is 7. The SMILES string of the molecule is OCCC[C@@H]1OC(CO)[C@@H](O[C@@H]2OC(CO)[C@H](O)C(O)C2O)C(O)C1O. The van der Waals surface area contributed by atoms with Crippen molar-refractivity contribution in [2.45, 2.75) is 74.1 Å². The summed E-state index contributed by atoms with van der Waals surface area (Å²) in [5.41, 5.74) is 0.